The lowest BCUT2D eigenvalue weighted by Crippen LogP contribution is -2.15. The van der Waals surface area contributed by atoms with Crippen LogP contribution in [0.25, 0.3) is 0 Å². The molecule has 0 unspecified atom stereocenters. The molecule has 1 N–H and O–H groups in total. The lowest BCUT2D eigenvalue weighted by Gasteiger charge is -2.15. The number of nitrogens with zero attached hydrogens (tertiary/aromatic N) is 1. The number of rotatable bonds is 7. The number of nitro groups is 1. The number of benzene rings is 2. The standard InChI is InChI=1S/C16H18N2O7S/c1-10-7-14(24-3)15(25-4)9-16(10)26(21,22)17-12-8-11(18(19)20)5-6-13(12)23-2/h5-9,17H,1-4H3. The number of hydrogen-bond donors (Lipinski definition) is 1. The zero-order valence-electron chi connectivity index (χ0n) is 14.6. The average molecular weight is 382 g/mol. The number of anilines is 1. The molecular weight excluding hydrogens is 364 g/mol. The van der Waals surface area contributed by atoms with Crippen molar-refractivity contribution in [3.63, 3.8) is 0 Å². The summed E-state index contributed by atoms with van der Waals surface area (Å²) in [5.41, 5.74) is 0.1000. The Morgan fingerprint density at radius 2 is 1.54 bits per heavy atom. The molecule has 9 nitrogen and oxygen atoms in total. The fourth-order valence-corrected chi connectivity index (χ4v) is 3.64. The Morgan fingerprint density at radius 1 is 0.962 bits per heavy atom. The van der Waals surface area contributed by atoms with Gasteiger partial charge in [0.2, 0.25) is 0 Å². The topological polar surface area (TPSA) is 117 Å². The highest BCUT2D eigenvalue weighted by Gasteiger charge is 2.23. The molecule has 0 saturated heterocycles. The summed E-state index contributed by atoms with van der Waals surface area (Å²) in [5, 5.41) is 11.0. The van der Waals surface area contributed by atoms with E-state index in [0.29, 0.717) is 11.3 Å². The zero-order valence-corrected chi connectivity index (χ0v) is 15.4. The summed E-state index contributed by atoms with van der Waals surface area (Å²) in [5.74, 6) is 0.777. The summed E-state index contributed by atoms with van der Waals surface area (Å²) in [7, 11) is 0.101. The molecule has 0 spiro atoms. The van der Waals surface area contributed by atoms with Gasteiger partial charge in [-0.1, -0.05) is 0 Å². The number of nitro benzene ring substituents is 1. The van der Waals surface area contributed by atoms with E-state index in [-0.39, 0.29) is 27.8 Å². The molecule has 0 radical (unpaired) electrons. The lowest BCUT2D eigenvalue weighted by atomic mass is 10.2. The fraction of sp³-hybridized carbons (Fsp3) is 0.250. The first-order valence-electron chi connectivity index (χ1n) is 7.31. The summed E-state index contributed by atoms with van der Waals surface area (Å²) >= 11 is 0. The SMILES string of the molecule is COc1ccc([N+](=O)[O-])cc1NS(=O)(=O)c1cc(OC)c(OC)cc1C. The van der Waals surface area contributed by atoms with Crippen molar-refractivity contribution in [2.75, 3.05) is 26.1 Å². The Kier molecular flexibility index (Phi) is 5.56. The van der Waals surface area contributed by atoms with Crippen LogP contribution >= 0.6 is 0 Å². The van der Waals surface area contributed by atoms with Crippen LogP contribution in [0.4, 0.5) is 11.4 Å². The maximum atomic E-state index is 12.8. The minimum absolute atomic E-state index is 0.0455. The Balaban J connectivity index is 2.53. The number of non-ortho nitro benzene ring substituents is 1. The van der Waals surface area contributed by atoms with Gasteiger partial charge in [-0.2, -0.15) is 0 Å². The van der Waals surface area contributed by atoms with Gasteiger partial charge in [-0.15, -0.1) is 0 Å². The highest BCUT2D eigenvalue weighted by molar-refractivity contribution is 7.92. The third-order valence-corrected chi connectivity index (χ3v) is 5.12. The van der Waals surface area contributed by atoms with E-state index in [4.69, 9.17) is 14.2 Å². The third-order valence-electron chi connectivity index (χ3n) is 3.61. The third kappa shape index (κ3) is 3.80. The van der Waals surface area contributed by atoms with Crippen LogP contribution in [0.1, 0.15) is 5.56 Å². The molecule has 2 rings (SSSR count). The number of aryl methyl sites for hydroxylation is 1. The van der Waals surface area contributed by atoms with Crippen LogP contribution in [0, 0.1) is 17.0 Å². The molecule has 0 aliphatic carbocycles. The second-order valence-corrected chi connectivity index (χ2v) is 6.87. The summed E-state index contributed by atoms with van der Waals surface area (Å²) in [6.07, 6.45) is 0. The molecule has 0 bridgehead atoms. The van der Waals surface area contributed by atoms with Crippen LogP contribution in [0.5, 0.6) is 17.2 Å². The van der Waals surface area contributed by atoms with Gasteiger partial charge < -0.3 is 14.2 Å². The van der Waals surface area contributed by atoms with E-state index in [0.717, 1.165) is 6.07 Å². The Labute approximate surface area is 150 Å². The smallest absolute Gasteiger partial charge is 0.271 e. The first-order valence-corrected chi connectivity index (χ1v) is 8.79. The second-order valence-electron chi connectivity index (χ2n) is 5.22. The minimum atomic E-state index is -4.06. The largest absolute Gasteiger partial charge is 0.495 e. The molecule has 10 heteroatoms. The lowest BCUT2D eigenvalue weighted by molar-refractivity contribution is -0.384. The van der Waals surface area contributed by atoms with Crippen LogP contribution < -0.4 is 18.9 Å². The molecule has 0 aromatic heterocycles. The average Bonchev–Trinajstić information content (AvgIpc) is 2.60. The maximum absolute atomic E-state index is 12.8. The summed E-state index contributed by atoms with van der Waals surface area (Å²) < 4.78 is 43.3. The highest BCUT2D eigenvalue weighted by Crippen LogP contribution is 2.35. The first-order chi connectivity index (χ1) is 12.2. The molecule has 0 saturated carbocycles. The molecule has 0 heterocycles. The van der Waals surface area contributed by atoms with Gasteiger partial charge in [0.25, 0.3) is 15.7 Å². The fourth-order valence-electron chi connectivity index (χ4n) is 2.34. The van der Waals surface area contributed by atoms with Crippen molar-refractivity contribution in [2.24, 2.45) is 0 Å². The van der Waals surface area contributed by atoms with Crippen molar-refractivity contribution in [1.82, 2.24) is 0 Å². The summed E-state index contributed by atoms with van der Waals surface area (Å²) in [4.78, 5) is 10.3. The van der Waals surface area contributed by atoms with Gasteiger partial charge in [0.15, 0.2) is 11.5 Å². The normalized spacial score (nSPS) is 10.9. The molecule has 26 heavy (non-hydrogen) atoms. The summed E-state index contributed by atoms with van der Waals surface area (Å²) in [6.45, 7) is 1.60. The van der Waals surface area contributed by atoms with Gasteiger partial charge in [-0.05, 0) is 24.6 Å². The molecule has 0 atom stereocenters. The number of ether oxygens (including phenoxy) is 3. The Hall–Kier alpha value is -3.01. The minimum Gasteiger partial charge on any atom is -0.495 e. The molecule has 140 valence electrons. The molecule has 2 aromatic rings. The zero-order chi connectivity index (χ0) is 19.5. The Morgan fingerprint density at radius 3 is 2.08 bits per heavy atom. The number of hydrogen-bond acceptors (Lipinski definition) is 7. The van der Waals surface area contributed by atoms with Crippen molar-refractivity contribution < 1.29 is 27.6 Å². The predicted molar refractivity (Wildman–Crippen MR) is 94.7 cm³/mol. The van der Waals surface area contributed by atoms with Crippen LogP contribution in [-0.4, -0.2) is 34.7 Å². The van der Waals surface area contributed by atoms with Crippen molar-refractivity contribution in [1.29, 1.82) is 0 Å². The quantitative estimate of drug-likeness (QED) is 0.578. The van der Waals surface area contributed by atoms with Crippen molar-refractivity contribution in [3.8, 4) is 17.2 Å². The molecule has 0 aliphatic heterocycles. The van der Waals surface area contributed by atoms with Crippen LogP contribution in [0.2, 0.25) is 0 Å². The van der Waals surface area contributed by atoms with E-state index in [2.05, 4.69) is 4.72 Å². The van der Waals surface area contributed by atoms with E-state index < -0.39 is 14.9 Å². The molecule has 0 aliphatic rings. The highest BCUT2D eigenvalue weighted by atomic mass is 32.2. The van der Waals surface area contributed by atoms with E-state index in [1.807, 2.05) is 0 Å². The van der Waals surface area contributed by atoms with E-state index in [1.54, 1.807) is 6.92 Å². The molecular formula is C16H18N2O7S. The van der Waals surface area contributed by atoms with Crippen LogP contribution in [0.15, 0.2) is 35.2 Å². The Bertz CT molecular complexity index is 942. The summed E-state index contributed by atoms with van der Waals surface area (Å²) in [6, 6.07) is 6.47. The van der Waals surface area contributed by atoms with Gasteiger partial charge in [0.05, 0.1) is 36.8 Å². The van der Waals surface area contributed by atoms with E-state index in [1.165, 1.54) is 45.6 Å². The van der Waals surface area contributed by atoms with Crippen LogP contribution in [-0.2, 0) is 10.0 Å². The number of sulfonamides is 1. The van der Waals surface area contributed by atoms with Gasteiger partial charge in [0, 0.05) is 18.2 Å². The van der Waals surface area contributed by atoms with Gasteiger partial charge in [-0.25, -0.2) is 8.42 Å². The van der Waals surface area contributed by atoms with Crippen LogP contribution in [0.3, 0.4) is 0 Å². The second kappa shape index (κ2) is 7.48. The van der Waals surface area contributed by atoms with Crippen molar-refractivity contribution in [2.45, 2.75) is 11.8 Å². The van der Waals surface area contributed by atoms with Crippen molar-refractivity contribution in [3.05, 3.63) is 46.0 Å². The van der Waals surface area contributed by atoms with E-state index >= 15 is 0 Å². The monoisotopic (exact) mass is 382 g/mol. The van der Waals surface area contributed by atoms with Crippen molar-refractivity contribution >= 4 is 21.4 Å². The predicted octanol–water partition coefficient (Wildman–Crippen LogP) is 2.73. The molecule has 0 amide bonds. The number of methoxy groups -OCH3 is 3. The molecule has 2 aromatic carbocycles. The number of nitrogens with one attached hydrogen (secondary N) is 1. The van der Waals surface area contributed by atoms with Gasteiger partial charge in [-0.3, -0.25) is 14.8 Å². The molecule has 0 fully saturated rings. The first kappa shape index (κ1) is 19.3. The maximum Gasteiger partial charge on any atom is 0.271 e. The van der Waals surface area contributed by atoms with Gasteiger partial charge >= 0.3 is 0 Å². The van der Waals surface area contributed by atoms with E-state index in [9.17, 15) is 18.5 Å². The van der Waals surface area contributed by atoms with Gasteiger partial charge in [0.1, 0.15) is 5.75 Å².